The minimum absolute atomic E-state index is 0.135. The number of ether oxygens (including phenoxy) is 1. The van der Waals surface area contributed by atoms with Crippen LogP contribution in [0.25, 0.3) is 10.9 Å². The highest BCUT2D eigenvalue weighted by Gasteiger charge is 2.03. The van der Waals surface area contributed by atoms with Crippen molar-refractivity contribution in [2.75, 3.05) is 6.61 Å². The van der Waals surface area contributed by atoms with Gasteiger partial charge in [-0.25, -0.2) is 0 Å². The van der Waals surface area contributed by atoms with Gasteiger partial charge in [0.25, 0.3) is 0 Å². The first kappa shape index (κ1) is 11.6. The fraction of sp³-hybridized carbons (Fsp3) is 0.385. The standard InChI is InChI=1S/C13H16N2O2/c1-2-17-13(16)8-5-9-15-10-11-6-3-4-7-12(11)14-15/h3-4,6-7,10H,2,5,8-9H2,1H3. The summed E-state index contributed by atoms with van der Waals surface area (Å²) in [5.74, 6) is -0.135. The lowest BCUT2D eigenvalue weighted by Gasteiger charge is -2.01. The molecule has 0 aliphatic rings. The van der Waals surface area contributed by atoms with Crippen molar-refractivity contribution in [1.82, 2.24) is 9.78 Å². The number of rotatable bonds is 5. The molecule has 2 rings (SSSR count). The van der Waals surface area contributed by atoms with E-state index < -0.39 is 0 Å². The normalized spacial score (nSPS) is 10.6. The molecule has 0 spiro atoms. The molecule has 0 aliphatic carbocycles. The van der Waals surface area contributed by atoms with Crippen LogP contribution in [0.2, 0.25) is 0 Å². The lowest BCUT2D eigenvalue weighted by Crippen LogP contribution is -2.06. The second kappa shape index (κ2) is 5.48. The molecule has 0 radical (unpaired) electrons. The zero-order chi connectivity index (χ0) is 12.1. The van der Waals surface area contributed by atoms with Crippen molar-refractivity contribution in [2.45, 2.75) is 26.3 Å². The summed E-state index contributed by atoms with van der Waals surface area (Å²) in [6.45, 7) is 3.01. The average molecular weight is 232 g/mol. The number of fused-ring (bicyclic) bond motifs is 1. The molecule has 0 saturated heterocycles. The third-order valence-corrected chi connectivity index (χ3v) is 2.53. The van der Waals surface area contributed by atoms with Crippen LogP contribution in [0.4, 0.5) is 0 Å². The van der Waals surface area contributed by atoms with Gasteiger partial charge < -0.3 is 4.74 Å². The van der Waals surface area contributed by atoms with Gasteiger partial charge in [0, 0.05) is 24.5 Å². The molecule has 90 valence electrons. The molecule has 0 aliphatic heterocycles. The van der Waals surface area contributed by atoms with E-state index in [2.05, 4.69) is 5.10 Å². The Morgan fingerprint density at radius 2 is 2.24 bits per heavy atom. The molecule has 2 aromatic rings. The number of nitrogens with zero attached hydrogens (tertiary/aromatic N) is 2. The smallest absolute Gasteiger partial charge is 0.305 e. The summed E-state index contributed by atoms with van der Waals surface area (Å²) in [5.41, 5.74) is 0.989. The van der Waals surface area contributed by atoms with Gasteiger partial charge in [0.15, 0.2) is 0 Å². The SMILES string of the molecule is CCOC(=O)CCCn1cc2ccccc2n1. The monoisotopic (exact) mass is 232 g/mol. The van der Waals surface area contributed by atoms with Gasteiger partial charge in [-0.05, 0) is 19.4 Å². The van der Waals surface area contributed by atoms with E-state index in [-0.39, 0.29) is 5.97 Å². The maximum absolute atomic E-state index is 11.2. The molecular formula is C13H16N2O2. The highest BCUT2D eigenvalue weighted by Crippen LogP contribution is 2.11. The molecule has 4 heteroatoms. The maximum atomic E-state index is 11.2. The minimum atomic E-state index is -0.135. The number of hydrogen-bond acceptors (Lipinski definition) is 3. The summed E-state index contributed by atoms with van der Waals surface area (Å²) < 4.78 is 6.75. The van der Waals surface area contributed by atoms with Gasteiger partial charge in [-0.1, -0.05) is 18.2 Å². The van der Waals surface area contributed by atoms with E-state index in [1.165, 1.54) is 0 Å². The molecule has 4 nitrogen and oxygen atoms in total. The highest BCUT2D eigenvalue weighted by atomic mass is 16.5. The Bertz CT molecular complexity index is 472. The van der Waals surface area contributed by atoms with Gasteiger partial charge in [-0.3, -0.25) is 9.48 Å². The maximum Gasteiger partial charge on any atom is 0.305 e. The predicted molar refractivity (Wildman–Crippen MR) is 65.6 cm³/mol. The van der Waals surface area contributed by atoms with Crippen LogP contribution >= 0.6 is 0 Å². The molecule has 0 amide bonds. The van der Waals surface area contributed by atoms with E-state index in [0.717, 1.165) is 23.9 Å². The number of aromatic nitrogens is 2. The summed E-state index contributed by atoms with van der Waals surface area (Å²) in [5, 5.41) is 5.55. The van der Waals surface area contributed by atoms with Crippen LogP contribution in [0.5, 0.6) is 0 Å². The summed E-state index contributed by atoms with van der Waals surface area (Å²) in [6, 6.07) is 7.98. The lowest BCUT2D eigenvalue weighted by molar-refractivity contribution is -0.143. The summed E-state index contributed by atoms with van der Waals surface area (Å²) >= 11 is 0. The zero-order valence-corrected chi connectivity index (χ0v) is 9.93. The zero-order valence-electron chi connectivity index (χ0n) is 9.93. The molecule has 0 N–H and O–H groups in total. The fourth-order valence-corrected chi connectivity index (χ4v) is 1.75. The van der Waals surface area contributed by atoms with Gasteiger partial charge in [-0.15, -0.1) is 0 Å². The predicted octanol–water partition coefficient (Wildman–Crippen LogP) is 2.38. The molecule has 0 atom stereocenters. The Morgan fingerprint density at radius 3 is 3.00 bits per heavy atom. The Morgan fingerprint density at radius 1 is 1.41 bits per heavy atom. The first-order chi connectivity index (χ1) is 8.29. The Kier molecular flexibility index (Phi) is 3.75. The second-order valence-corrected chi connectivity index (χ2v) is 3.86. The molecule has 1 heterocycles. The Balaban J connectivity index is 1.89. The van der Waals surface area contributed by atoms with Crippen LogP contribution in [-0.4, -0.2) is 22.4 Å². The van der Waals surface area contributed by atoms with Gasteiger partial charge in [-0.2, -0.15) is 5.10 Å². The molecule has 0 unspecified atom stereocenters. The van der Waals surface area contributed by atoms with E-state index in [4.69, 9.17) is 4.74 Å². The first-order valence-corrected chi connectivity index (χ1v) is 5.87. The third kappa shape index (κ3) is 3.06. The van der Waals surface area contributed by atoms with Crippen LogP contribution in [0, 0.1) is 0 Å². The van der Waals surface area contributed by atoms with Crippen molar-refractivity contribution in [3.8, 4) is 0 Å². The second-order valence-electron chi connectivity index (χ2n) is 3.86. The van der Waals surface area contributed by atoms with Crippen LogP contribution in [0.3, 0.4) is 0 Å². The third-order valence-electron chi connectivity index (χ3n) is 2.53. The summed E-state index contributed by atoms with van der Waals surface area (Å²) in [7, 11) is 0. The lowest BCUT2D eigenvalue weighted by atomic mass is 10.3. The Hall–Kier alpha value is -1.84. The molecule has 0 fully saturated rings. The van der Waals surface area contributed by atoms with Crippen molar-refractivity contribution in [3.63, 3.8) is 0 Å². The van der Waals surface area contributed by atoms with Crippen molar-refractivity contribution in [3.05, 3.63) is 30.5 Å². The number of carbonyl (C=O) groups is 1. The van der Waals surface area contributed by atoms with Crippen molar-refractivity contribution in [1.29, 1.82) is 0 Å². The molecule has 17 heavy (non-hydrogen) atoms. The van der Waals surface area contributed by atoms with Crippen LogP contribution in [-0.2, 0) is 16.1 Å². The van der Waals surface area contributed by atoms with Crippen LogP contribution in [0.1, 0.15) is 19.8 Å². The number of esters is 1. The van der Waals surface area contributed by atoms with Crippen LogP contribution < -0.4 is 0 Å². The largest absolute Gasteiger partial charge is 0.466 e. The first-order valence-electron chi connectivity index (χ1n) is 5.87. The highest BCUT2D eigenvalue weighted by molar-refractivity contribution is 5.77. The van der Waals surface area contributed by atoms with Crippen molar-refractivity contribution < 1.29 is 9.53 Å². The van der Waals surface area contributed by atoms with E-state index in [1.807, 2.05) is 42.1 Å². The molecular weight excluding hydrogens is 216 g/mol. The number of benzene rings is 1. The topological polar surface area (TPSA) is 44.1 Å². The number of hydrogen-bond donors (Lipinski definition) is 0. The molecule has 0 saturated carbocycles. The van der Waals surface area contributed by atoms with Crippen molar-refractivity contribution >= 4 is 16.9 Å². The molecule has 0 bridgehead atoms. The number of carbonyl (C=O) groups excluding carboxylic acids is 1. The quantitative estimate of drug-likeness (QED) is 0.743. The van der Waals surface area contributed by atoms with E-state index in [9.17, 15) is 4.79 Å². The minimum Gasteiger partial charge on any atom is -0.466 e. The average Bonchev–Trinajstić information content (AvgIpc) is 2.71. The van der Waals surface area contributed by atoms with Gasteiger partial charge in [0.05, 0.1) is 12.1 Å². The van der Waals surface area contributed by atoms with E-state index in [1.54, 1.807) is 0 Å². The van der Waals surface area contributed by atoms with Crippen LogP contribution in [0.15, 0.2) is 30.5 Å². The van der Waals surface area contributed by atoms with Gasteiger partial charge in [0.2, 0.25) is 0 Å². The molecule has 1 aromatic heterocycles. The van der Waals surface area contributed by atoms with E-state index >= 15 is 0 Å². The summed E-state index contributed by atoms with van der Waals surface area (Å²) in [4.78, 5) is 11.2. The Labute approximate surface area is 100 Å². The van der Waals surface area contributed by atoms with E-state index in [0.29, 0.717) is 13.0 Å². The summed E-state index contributed by atoms with van der Waals surface area (Å²) in [6.07, 6.45) is 3.21. The van der Waals surface area contributed by atoms with Gasteiger partial charge >= 0.3 is 5.97 Å². The fourth-order valence-electron chi connectivity index (χ4n) is 1.75. The number of aryl methyl sites for hydroxylation is 1. The molecule has 1 aromatic carbocycles. The van der Waals surface area contributed by atoms with Crippen molar-refractivity contribution in [2.24, 2.45) is 0 Å². The van der Waals surface area contributed by atoms with Gasteiger partial charge in [0.1, 0.15) is 0 Å².